The number of aromatic carboxylic acids is 1. The van der Waals surface area contributed by atoms with Gasteiger partial charge < -0.3 is 10.0 Å². The molecule has 1 aromatic carbocycles. The van der Waals surface area contributed by atoms with Crippen LogP contribution in [0.1, 0.15) is 27.9 Å². The monoisotopic (exact) mass is 205 g/mol. The Bertz CT molecular complexity index is 387. The van der Waals surface area contributed by atoms with Gasteiger partial charge in [-0.25, -0.2) is 4.79 Å². The van der Waals surface area contributed by atoms with E-state index >= 15 is 0 Å². The Morgan fingerprint density at radius 3 is 2.93 bits per heavy atom. The maximum absolute atomic E-state index is 10.8. The van der Waals surface area contributed by atoms with Crippen molar-refractivity contribution in [3.8, 4) is 0 Å². The summed E-state index contributed by atoms with van der Waals surface area (Å²) < 4.78 is 0. The van der Waals surface area contributed by atoms with E-state index in [9.17, 15) is 4.79 Å². The van der Waals surface area contributed by atoms with Crippen LogP contribution >= 0.6 is 0 Å². The van der Waals surface area contributed by atoms with Crippen molar-refractivity contribution in [2.24, 2.45) is 0 Å². The van der Waals surface area contributed by atoms with E-state index < -0.39 is 5.97 Å². The lowest BCUT2D eigenvalue weighted by Gasteiger charge is -2.13. The van der Waals surface area contributed by atoms with Crippen LogP contribution in [0.4, 0.5) is 0 Å². The van der Waals surface area contributed by atoms with Gasteiger partial charge in [-0.15, -0.1) is 0 Å². The van der Waals surface area contributed by atoms with Crippen molar-refractivity contribution in [3.63, 3.8) is 0 Å². The van der Waals surface area contributed by atoms with Crippen molar-refractivity contribution in [3.05, 3.63) is 34.9 Å². The molecule has 0 spiro atoms. The fourth-order valence-corrected chi connectivity index (χ4v) is 2.06. The molecule has 0 aliphatic carbocycles. The summed E-state index contributed by atoms with van der Waals surface area (Å²) in [7, 11) is 2.10. The Morgan fingerprint density at radius 1 is 1.40 bits per heavy atom. The molecule has 3 nitrogen and oxygen atoms in total. The maximum Gasteiger partial charge on any atom is 0.335 e. The molecule has 0 saturated heterocycles. The van der Waals surface area contributed by atoms with E-state index in [1.165, 1.54) is 11.1 Å². The van der Waals surface area contributed by atoms with Crippen molar-refractivity contribution in [1.29, 1.82) is 0 Å². The molecule has 1 aliphatic rings. The molecule has 0 fully saturated rings. The Morgan fingerprint density at radius 2 is 2.20 bits per heavy atom. The number of hydrogen-bond donors (Lipinski definition) is 1. The quantitative estimate of drug-likeness (QED) is 0.759. The summed E-state index contributed by atoms with van der Waals surface area (Å²) in [5, 5.41) is 8.90. The number of rotatable bonds is 1. The highest BCUT2D eigenvalue weighted by Gasteiger charge is 2.13. The number of nitrogens with zero attached hydrogens (tertiary/aromatic N) is 1. The summed E-state index contributed by atoms with van der Waals surface area (Å²) >= 11 is 0. The minimum Gasteiger partial charge on any atom is -0.478 e. The lowest BCUT2D eigenvalue weighted by Crippen LogP contribution is -2.17. The summed E-state index contributed by atoms with van der Waals surface area (Å²) in [6.07, 6.45) is 2.09. The molecule has 15 heavy (non-hydrogen) atoms. The number of carbonyl (C=O) groups is 1. The van der Waals surface area contributed by atoms with Crippen LogP contribution in [-0.2, 0) is 13.0 Å². The fraction of sp³-hybridized carbons (Fsp3) is 0.417. The number of hydrogen-bond acceptors (Lipinski definition) is 2. The zero-order valence-electron chi connectivity index (χ0n) is 8.86. The van der Waals surface area contributed by atoms with Gasteiger partial charge in [0.15, 0.2) is 0 Å². The van der Waals surface area contributed by atoms with Crippen molar-refractivity contribution >= 4 is 5.97 Å². The molecule has 0 amide bonds. The van der Waals surface area contributed by atoms with Gasteiger partial charge in [-0.3, -0.25) is 0 Å². The first-order valence-electron chi connectivity index (χ1n) is 5.20. The molecular formula is C12H15NO2. The standard InChI is InChI=1S/C12H15NO2/c1-13-6-2-3-9-7-10(12(14)15)4-5-11(9)8-13/h4-5,7H,2-3,6,8H2,1H3,(H,14,15). The summed E-state index contributed by atoms with van der Waals surface area (Å²) in [6, 6.07) is 5.46. The van der Waals surface area contributed by atoms with Gasteiger partial charge in [0.1, 0.15) is 0 Å². The van der Waals surface area contributed by atoms with Gasteiger partial charge in [-0.05, 0) is 49.7 Å². The Hall–Kier alpha value is -1.35. The molecule has 0 saturated carbocycles. The minimum atomic E-state index is -0.838. The van der Waals surface area contributed by atoms with E-state index in [0.29, 0.717) is 5.56 Å². The van der Waals surface area contributed by atoms with Gasteiger partial charge in [-0.1, -0.05) is 6.07 Å². The lowest BCUT2D eigenvalue weighted by molar-refractivity contribution is 0.0697. The van der Waals surface area contributed by atoms with Crippen molar-refractivity contribution in [1.82, 2.24) is 4.90 Å². The third kappa shape index (κ3) is 2.18. The molecule has 0 unspecified atom stereocenters. The van der Waals surface area contributed by atoms with Gasteiger partial charge >= 0.3 is 5.97 Å². The average Bonchev–Trinajstić information content (AvgIpc) is 2.37. The fourth-order valence-electron chi connectivity index (χ4n) is 2.06. The highest BCUT2D eigenvalue weighted by molar-refractivity contribution is 5.87. The van der Waals surface area contributed by atoms with Crippen LogP contribution in [0.3, 0.4) is 0 Å². The predicted octanol–water partition coefficient (Wildman–Crippen LogP) is 1.76. The zero-order valence-corrected chi connectivity index (χ0v) is 8.86. The van der Waals surface area contributed by atoms with E-state index in [1.54, 1.807) is 6.07 Å². The van der Waals surface area contributed by atoms with Crippen molar-refractivity contribution in [2.75, 3.05) is 13.6 Å². The van der Waals surface area contributed by atoms with Crippen LogP contribution in [0.2, 0.25) is 0 Å². The van der Waals surface area contributed by atoms with Gasteiger partial charge in [0.05, 0.1) is 5.56 Å². The first-order valence-corrected chi connectivity index (χ1v) is 5.20. The van der Waals surface area contributed by atoms with Crippen LogP contribution in [0.5, 0.6) is 0 Å². The molecule has 0 atom stereocenters. The Balaban J connectivity index is 2.35. The van der Waals surface area contributed by atoms with Crippen LogP contribution < -0.4 is 0 Å². The highest BCUT2D eigenvalue weighted by atomic mass is 16.4. The third-order valence-electron chi connectivity index (χ3n) is 2.88. The molecule has 0 radical (unpaired) electrons. The normalized spacial score (nSPS) is 16.9. The highest BCUT2D eigenvalue weighted by Crippen LogP contribution is 2.19. The second-order valence-electron chi connectivity index (χ2n) is 4.13. The first-order chi connectivity index (χ1) is 7.16. The lowest BCUT2D eigenvalue weighted by atomic mass is 10.0. The summed E-state index contributed by atoms with van der Waals surface area (Å²) in [6.45, 7) is 2.01. The smallest absolute Gasteiger partial charge is 0.335 e. The van der Waals surface area contributed by atoms with Crippen molar-refractivity contribution in [2.45, 2.75) is 19.4 Å². The van der Waals surface area contributed by atoms with Gasteiger partial charge in [0, 0.05) is 6.54 Å². The SMILES string of the molecule is CN1CCCc2cc(C(=O)O)ccc2C1. The summed E-state index contributed by atoms with van der Waals surface area (Å²) in [5.74, 6) is -0.838. The van der Waals surface area contributed by atoms with Crippen LogP contribution in [0.15, 0.2) is 18.2 Å². The predicted molar refractivity (Wildman–Crippen MR) is 58.1 cm³/mol. The van der Waals surface area contributed by atoms with E-state index in [-0.39, 0.29) is 0 Å². The maximum atomic E-state index is 10.8. The van der Waals surface area contributed by atoms with Crippen LogP contribution in [0, 0.1) is 0 Å². The summed E-state index contributed by atoms with van der Waals surface area (Å²) in [5.41, 5.74) is 2.86. The van der Waals surface area contributed by atoms with Gasteiger partial charge in [0.25, 0.3) is 0 Å². The molecule has 2 rings (SSSR count). The Labute approximate surface area is 89.3 Å². The topological polar surface area (TPSA) is 40.5 Å². The minimum absolute atomic E-state index is 0.401. The number of carboxylic acids is 1. The first kappa shape index (κ1) is 10.2. The van der Waals surface area contributed by atoms with Gasteiger partial charge in [0.2, 0.25) is 0 Å². The number of aryl methyl sites for hydroxylation is 1. The number of fused-ring (bicyclic) bond motifs is 1. The molecule has 1 heterocycles. The van der Waals surface area contributed by atoms with Crippen molar-refractivity contribution < 1.29 is 9.90 Å². The second-order valence-corrected chi connectivity index (χ2v) is 4.13. The molecule has 1 N–H and O–H groups in total. The molecule has 1 aliphatic heterocycles. The van der Waals surface area contributed by atoms with E-state index in [2.05, 4.69) is 11.9 Å². The Kier molecular flexibility index (Phi) is 2.73. The van der Waals surface area contributed by atoms with Crippen LogP contribution in [-0.4, -0.2) is 29.6 Å². The van der Waals surface area contributed by atoms with E-state index in [1.807, 2.05) is 12.1 Å². The van der Waals surface area contributed by atoms with E-state index in [4.69, 9.17) is 5.11 Å². The van der Waals surface area contributed by atoms with Gasteiger partial charge in [-0.2, -0.15) is 0 Å². The largest absolute Gasteiger partial charge is 0.478 e. The number of benzene rings is 1. The molecular weight excluding hydrogens is 190 g/mol. The second kappa shape index (κ2) is 4.03. The average molecular weight is 205 g/mol. The zero-order chi connectivity index (χ0) is 10.8. The molecule has 1 aromatic rings. The van der Waals surface area contributed by atoms with Crippen LogP contribution in [0.25, 0.3) is 0 Å². The molecule has 3 heteroatoms. The molecule has 0 bridgehead atoms. The molecule has 0 aromatic heterocycles. The molecule has 80 valence electrons. The number of carboxylic acid groups (broad SMARTS) is 1. The summed E-state index contributed by atoms with van der Waals surface area (Å²) in [4.78, 5) is 13.1. The van der Waals surface area contributed by atoms with E-state index in [0.717, 1.165) is 25.9 Å². The third-order valence-corrected chi connectivity index (χ3v) is 2.88.